The Morgan fingerprint density at radius 3 is 2.71 bits per heavy atom. The Labute approximate surface area is 98.3 Å². The van der Waals surface area contributed by atoms with Crippen LogP contribution in [0.2, 0.25) is 0 Å². The van der Waals surface area contributed by atoms with Crippen molar-refractivity contribution >= 4 is 11.0 Å². The second kappa shape index (κ2) is 3.63. The Kier molecular flexibility index (Phi) is 2.11. The van der Waals surface area contributed by atoms with Crippen molar-refractivity contribution in [1.82, 2.24) is 5.16 Å². The third kappa shape index (κ3) is 1.47. The highest BCUT2D eigenvalue weighted by Crippen LogP contribution is 2.33. The van der Waals surface area contributed by atoms with E-state index < -0.39 is 0 Å². The molecule has 0 radical (unpaired) electrons. The lowest BCUT2D eigenvalue weighted by Gasteiger charge is -2.01. The number of para-hydroxylation sites is 1. The van der Waals surface area contributed by atoms with E-state index in [0.29, 0.717) is 5.58 Å². The molecule has 0 aliphatic heterocycles. The fourth-order valence-electron chi connectivity index (χ4n) is 1.98. The van der Waals surface area contributed by atoms with E-state index in [1.54, 1.807) is 12.1 Å². The Balaban J connectivity index is 2.33. The quantitative estimate of drug-likeness (QED) is 0.689. The maximum absolute atomic E-state index is 9.67. The minimum Gasteiger partial charge on any atom is -0.504 e. The number of nitrogens with zero attached hydrogens (tertiary/aromatic N) is 1. The zero-order valence-electron chi connectivity index (χ0n) is 9.34. The molecular weight excluding hydrogens is 214 g/mol. The maximum atomic E-state index is 9.67. The average molecular weight is 225 g/mol. The highest BCUT2D eigenvalue weighted by atomic mass is 16.5. The molecule has 1 aromatic heterocycles. The second-order valence-corrected chi connectivity index (χ2v) is 4.00. The molecule has 84 valence electrons. The zero-order valence-corrected chi connectivity index (χ0v) is 9.34. The van der Waals surface area contributed by atoms with Crippen molar-refractivity contribution in [3.05, 3.63) is 48.0 Å². The SMILES string of the molecule is Cc1ccccc1-c1noc2c(O)cccc12. The molecule has 0 amide bonds. The van der Waals surface area contributed by atoms with Crippen LogP contribution in [0.4, 0.5) is 0 Å². The maximum Gasteiger partial charge on any atom is 0.209 e. The summed E-state index contributed by atoms with van der Waals surface area (Å²) in [5.41, 5.74) is 3.36. The fourth-order valence-corrected chi connectivity index (χ4v) is 1.98. The number of aromatic hydroxyl groups is 1. The third-order valence-electron chi connectivity index (χ3n) is 2.88. The van der Waals surface area contributed by atoms with E-state index in [4.69, 9.17) is 4.52 Å². The summed E-state index contributed by atoms with van der Waals surface area (Å²) in [4.78, 5) is 0. The van der Waals surface area contributed by atoms with Gasteiger partial charge in [-0.3, -0.25) is 0 Å². The lowest BCUT2D eigenvalue weighted by Crippen LogP contribution is -1.82. The van der Waals surface area contributed by atoms with Crippen LogP contribution >= 0.6 is 0 Å². The first-order valence-corrected chi connectivity index (χ1v) is 5.41. The third-order valence-corrected chi connectivity index (χ3v) is 2.88. The van der Waals surface area contributed by atoms with Crippen molar-refractivity contribution < 1.29 is 9.63 Å². The van der Waals surface area contributed by atoms with E-state index in [1.165, 1.54) is 0 Å². The second-order valence-electron chi connectivity index (χ2n) is 4.00. The monoisotopic (exact) mass is 225 g/mol. The Bertz CT molecular complexity index is 686. The van der Waals surface area contributed by atoms with Gasteiger partial charge < -0.3 is 9.63 Å². The topological polar surface area (TPSA) is 46.3 Å². The van der Waals surface area contributed by atoms with Crippen molar-refractivity contribution in [2.75, 3.05) is 0 Å². The standard InChI is InChI=1S/C14H11NO2/c1-9-5-2-3-6-10(9)13-11-7-4-8-12(16)14(11)17-15-13/h2-8,16H,1H3. The molecule has 0 saturated carbocycles. The molecule has 3 heteroatoms. The summed E-state index contributed by atoms with van der Waals surface area (Å²) in [5, 5.41) is 14.6. The van der Waals surface area contributed by atoms with Crippen LogP contribution in [-0.4, -0.2) is 10.3 Å². The molecule has 0 atom stereocenters. The first kappa shape index (κ1) is 9.90. The minimum absolute atomic E-state index is 0.120. The van der Waals surface area contributed by atoms with E-state index in [-0.39, 0.29) is 5.75 Å². The van der Waals surface area contributed by atoms with Crippen LogP contribution in [0.25, 0.3) is 22.2 Å². The fraction of sp³-hybridized carbons (Fsp3) is 0.0714. The molecule has 2 aromatic carbocycles. The van der Waals surface area contributed by atoms with Crippen molar-refractivity contribution in [1.29, 1.82) is 0 Å². The molecule has 3 rings (SSSR count). The number of hydrogen-bond acceptors (Lipinski definition) is 3. The average Bonchev–Trinajstić information content (AvgIpc) is 2.75. The van der Waals surface area contributed by atoms with Gasteiger partial charge in [-0.1, -0.05) is 35.5 Å². The van der Waals surface area contributed by atoms with Crippen molar-refractivity contribution in [3.63, 3.8) is 0 Å². The number of phenolic OH excluding ortho intramolecular Hbond substituents is 1. The molecule has 3 aromatic rings. The summed E-state index contributed by atoms with van der Waals surface area (Å²) < 4.78 is 5.19. The molecule has 0 spiro atoms. The molecule has 0 bridgehead atoms. The lowest BCUT2D eigenvalue weighted by atomic mass is 10.0. The highest BCUT2D eigenvalue weighted by molar-refractivity contribution is 5.95. The molecule has 1 heterocycles. The molecule has 1 N–H and O–H groups in total. The first-order valence-electron chi connectivity index (χ1n) is 5.41. The number of benzene rings is 2. The molecule has 0 unspecified atom stereocenters. The summed E-state index contributed by atoms with van der Waals surface area (Å²) in [6.07, 6.45) is 0. The number of rotatable bonds is 1. The highest BCUT2D eigenvalue weighted by Gasteiger charge is 2.13. The van der Waals surface area contributed by atoms with Gasteiger partial charge in [-0.2, -0.15) is 0 Å². The predicted molar refractivity (Wildman–Crippen MR) is 65.8 cm³/mol. The molecule has 0 aliphatic rings. The predicted octanol–water partition coefficient (Wildman–Crippen LogP) is 3.51. The van der Waals surface area contributed by atoms with Gasteiger partial charge in [-0.15, -0.1) is 0 Å². The number of phenols is 1. The van der Waals surface area contributed by atoms with E-state index in [0.717, 1.165) is 22.2 Å². The zero-order chi connectivity index (χ0) is 11.8. The Morgan fingerprint density at radius 2 is 1.88 bits per heavy atom. The van der Waals surface area contributed by atoms with Crippen molar-refractivity contribution in [2.45, 2.75) is 6.92 Å². The summed E-state index contributed by atoms with van der Waals surface area (Å²) in [6.45, 7) is 2.03. The molecule has 3 nitrogen and oxygen atoms in total. The van der Waals surface area contributed by atoms with Gasteiger partial charge in [0.2, 0.25) is 5.58 Å². The van der Waals surface area contributed by atoms with E-state index in [9.17, 15) is 5.11 Å². The first-order chi connectivity index (χ1) is 8.27. The number of fused-ring (bicyclic) bond motifs is 1. The molecule has 17 heavy (non-hydrogen) atoms. The van der Waals surface area contributed by atoms with Crippen LogP contribution in [0.3, 0.4) is 0 Å². The number of aromatic nitrogens is 1. The van der Waals surface area contributed by atoms with Crippen LogP contribution in [0.5, 0.6) is 5.75 Å². The van der Waals surface area contributed by atoms with Gasteiger partial charge in [0, 0.05) is 5.56 Å². The van der Waals surface area contributed by atoms with E-state index in [2.05, 4.69) is 5.16 Å². The van der Waals surface area contributed by atoms with Gasteiger partial charge >= 0.3 is 0 Å². The largest absolute Gasteiger partial charge is 0.504 e. The summed E-state index contributed by atoms with van der Waals surface area (Å²) >= 11 is 0. The van der Waals surface area contributed by atoms with Crippen LogP contribution in [0, 0.1) is 6.92 Å². The van der Waals surface area contributed by atoms with Gasteiger partial charge in [0.05, 0.1) is 5.39 Å². The van der Waals surface area contributed by atoms with Gasteiger partial charge in [0.1, 0.15) is 5.69 Å². The summed E-state index contributed by atoms with van der Waals surface area (Å²) in [5.74, 6) is 0.120. The molecular formula is C14H11NO2. The minimum atomic E-state index is 0.120. The van der Waals surface area contributed by atoms with E-state index in [1.807, 2.05) is 37.3 Å². The normalized spacial score (nSPS) is 10.9. The van der Waals surface area contributed by atoms with Crippen molar-refractivity contribution in [3.8, 4) is 17.0 Å². The Morgan fingerprint density at radius 1 is 1.06 bits per heavy atom. The summed E-state index contributed by atoms with van der Waals surface area (Å²) in [6, 6.07) is 13.2. The van der Waals surface area contributed by atoms with Gasteiger partial charge in [0.15, 0.2) is 5.75 Å². The van der Waals surface area contributed by atoms with Gasteiger partial charge in [-0.05, 0) is 24.6 Å². The lowest BCUT2D eigenvalue weighted by molar-refractivity contribution is 0.424. The number of aryl methyl sites for hydroxylation is 1. The van der Waals surface area contributed by atoms with E-state index >= 15 is 0 Å². The van der Waals surface area contributed by atoms with Crippen LogP contribution < -0.4 is 0 Å². The Hall–Kier alpha value is -2.29. The van der Waals surface area contributed by atoms with Crippen LogP contribution in [-0.2, 0) is 0 Å². The smallest absolute Gasteiger partial charge is 0.209 e. The number of hydrogen-bond donors (Lipinski definition) is 1. The summed E-state index contributed by atoms with van der Waals surface area (Å²) in [7, 11) is 0. The van der Waals surface area contributed by atoms with Crippen LogP contribution in [0.15, 0.2) is 47.0 Å². The molecule has 0 fully saturated rings. The molecule has 0 aliphatic carbocycles. The van der Waals surface area contributed by atoms with Gasteiger partial charge in [-0.25, -0.2) is 0 Å². The molecule has 0 saturated heterocycles. The van der Waals surface area contributed by atoms with Crippen LogP contribution in [0.1, 0.15) is 5.56 Å². The van der Waals surface area contributed by atoms with Crippen molar-refractivity contribution in [2.24, 2.45) is 0 Å². The van der Waals surface area contributed by atoms with Gasteiger partial charge in [0.25, 0.3) is 0 Å².